The van der Waals surface area contributed by atoms with Gasteiger partial charge in [0, 0.05) is 67.5 Å². The molecule has 0 aliphatic carbocycles. The number of benzene rings is 3. The number of hydrogen-bond acceptors (Lipinski definition) is 3. The molecule has 48 heavy (non-hydrogen) atoms. The van der Waals surface area contributed by atoms with Crippen molar-refractivity contribution in [3.63, 3.8) is 0 Å². The molecule has 258 valence electrons. The van der Waals surface area contributed by atoms with Gasteiger partial charge in [0.15, 0.2) is 0 Å². The number of rotatable bonds is 6. The van der Waals surface area contributed by atoms with Crippen LogP contribution in [0.1, 0.15) is 99.7 Å². The quantitative estimate of drug-likeness (QED) is 0.251. The molecule has 1 aliphatic rings. The Morgan fingerprint density at radius 3 is 0.938 bits per heavy atom. The van der Waals surface area contributed by atoms with Crippen LogP contribution >= 0.6 is 31.9 Å². The Kier molecular flexibility index (Phi) is 13.5. The molecule has 1 heterocycles. The molecule has 0 fully saturated rings. The van der Waals surface area contributed by atoms with E-state index >= 15 is 0 Å². The van der Waals surface area contributed by atoms with Crippen LogP contribution in [0.15, 0.2) is 63.5 Å². The van der Waals surface area contributed by atoms with Gasteiger partial charge in [0.1, 0.15) is 0 Å². The van der Waals surface area contributed by atoms with E-state index in [1.807, 2.05) is 14.7 Å². The van der Waals surface area contributed by atoms with Gasteiger partial charge in [-0.3, -0.25) is 14.4 Å². The molecule has 3 aromatic rings. The predicted octanol–water partition coefficient (Wildman–Crippen LogP) is 9.56. The van der Waals surface area contributed by atoms with Crippen LogP contribution in [0, 0.1) is 24.7 Å². The third kappa shape index (κ3) is 11.6. The summed E-state index contributed by atoms with van der Waals surface area (Å²) in [5.74, 6) is 0.998. The Hall–Kier alpha value is -2.97. The van der Waals surface area contributed by atoms with Crippen LogP contribution in [0.25, 0.3) is 0 Å². The third-order valence-electron chi connectivity index (χ3n) is 8.28. The third-order valence-corrected chi connectivity index (χ3v) is 9.19. The van der Waals surface area contributed by atoms with Crippen LogP contribution < -0.4 is 0 Å². The number of nitrogens with zero attached hydrogens (tertiary/aromatic N) is 3. The van der Waals surface area contributed by atoms with Crippen molar-refractivity contribution in [3.8, 4) is 0 Å². The molecular formula is C40H51Br2N3O3. The minimum Gasteiger partial charge on any atom is -0.334 e. The van der Waals surface area contributed by atoms with E-state index in [9.17, 15) is 14.4 Å². The van der Waals surface area contributed by atoms with E-state index in [4.69, 9.17) is 0 Å². The van der Waals surface area contributed by atoms with Crippen molar-refractivity contribution >= 4 is 49.6 Å². The van der Waals surface area contributed by atoms with Crippen LogP contribution in [0.4, 0.5) is 0 Å². The molecule has 4 rings (SSSR count). The van der Waals surface area contributed by atoms with Gasteiger partial charge in [-0.15, -0.1) is 0 Å². The summed E-state index contributed by atoms with van der Waals surface area (Å²) >= 11 is 7.45. The summed E-state index contributed by atoms with van der Waals surface area (Å²) in [6.45, 7) is 17.2. The van der Waals surface area contributed by atoms with E-state index in [0.29, 0.717) is 58.5 Å². The first kappa shape index (κ1) is 37.8. The Morgan fingerprint density at radius 1 is 0.479 bits per heavy atom. The van der Waals surface area contributed by atoms with Crippen molar-refractivity contribution in [2.24, 2.45) is 17.8 Å². The second kappa shape index (κ2) is 17.1. The van der Waals surface area contributed by atoms with Gasteiger partial charge in [-0.1, -0.05) is 109 Å². The first-order chi connectivity index (χ1) is 22.6. The first-order valence-corrected chi connectivity index (χ1v) is 18.7. The van der Waals surface area contributed by atoms with Gasteiger partial charge in [0.05, 0.1) is 0 Å². The largest absolute Gasteiger partial charge is 0.334 e. The maximum Gasteiger partial charge on any atom is 0.223 e. The monoisotopic (exact) mass is 779 g/mol. The lowest BCUT2D eigenvalue weighted by Gasteiger charge is -2.28. The predicted molar refractivity (Wildman–Crippen MR) is 201 cm³/mol. The number of carbonyl (C=O) groups is 3. The SMILES string of the molecule is Cc1cc2cc(c1)CN(C(=O)CC(C)C)Cc1cc(Br)cc(c1)CN(C(=O)CC(C)C)Cc1cc(Br)cc(c1)CN(C(=O)CC(C)C)C2. The molecule has 3 aromatic carbocycles. The lowest BCUT2D eigenvalue weighted by atomic mass is 10.0. The molecule has 0 unspecified atom stereocenters. The van der Waals surface area contributed by atoms with Crippen LogP contribution in [0.2, 0.25) is 0 Å². The zero-order valence-corrected chi connectivity index (χ0v) is 32.8. The lowest BCUT2D eigenvalue weighted by Crippen LogP contribution is -2.33. The van der Waals surface area contributed by atoms with Crippen molar-refractivity contribution in [1.82, 2.24) is 14.7 Å². The molecule has 0 spiro atoms. The van der Waals surface area contributed by atoms with E-state index in [-0.39, 0.29) is 35.5 Å². The van der Waals surface area contributed by atoms with Gasteiger partial charge in [-0.25, -0.2) is 0 Å². The fourth-order valence-electron chi connectivity index (χ4n) is 6.38. The molecular weight excluding hydrogens is 730 g/mol. The molecule has 0 saturated heterocycles. The molecule has 0 aromatic heterocycles. The van der Waals surface area contributed by atoms with E-state index < -0.39 is 0 Å². The molecule has 3 amide bonds. The van der Waals surface area contributed by atoms with Gasteiger partial charge in [0.2, 0.25) is 17.7 Å². The summed E-state index contributed by atoms with van der Waals surface area (Å²) in [5.41, 5.74) is 7.23. The zero-order valence-electron chi connectivity index (χ0n) is 29.6. The fraction of sp³-hybridized carbons (Fsp3) is 0.475. The Morgan fingerprint density at radius 2 is 0.708 bits per heavy atom. The summed E-state index contributed by atoms with van der Waals surface area (Å²) < 4.78 is 1.84. The summed E-state index contributed by atoms with van der Waals surface area (Å²) in [5, 5.41) is 0. The number of fused-ring (bicyclic) bond motifs is 6. The van der Waals surface area contributed by atoms with Gasteiger partial charge < -0.3 is 14.7 Å². The van der Waals surface area contributed by atoms with E-state index in [2.05, 4.69) is 135 Å². The molecule has 1 aliphatic heterocycles. The summed E-state index contributed by atoms with van der Waals surface area (Å²) in [7, 11) is 0. The Labute approximate surface area is 304 Å². The molecule has 8 heteroatoms. The van der Waals surface area contributed by atoms with E-state index in [0.717, 1.165) is 47.9 Å². The zero-order chi connectivity index (χ0) is 35.1. The Balaban J connectivity index is 1.86. The second-order valence-corrected chi connectivity index (χ2v) is 16.6. The molecule has 0 atom stereocenters. The number of halogens is 2. The summed E-state index contributed by atoms with van der Waals surface area (Å²) in [6.07, 6.45) is 1.37. The van der Waals surface area contributed by atoms with E-state index in [1.54, 1.807) is 0 Å². The lowest BCUT2D eigenvalue weighted by molar-refractivity contribution is -0.134. The molecule has 6 nitrogen and oxygen atoms in total. The van der Waals surface area contributed by atoms with Crippen molar-refractivity contribution in [2.45, 2.75) is 107 Å². The number of aryl methyl sites for hydroxylation is 1. The minimum atomic E-state index is 0.0961. The molecule has 6 bridgehead atoms. The highest BCUT2D eigenvalue weighted by Gasteiger charge is 2.22. The van der Waals surface area contributed by atoms with Crippen molar-refractivity contribution in [3.05, 3.63) is 102 Å². The second-order valence-electron chi connectivity index (χ2n) is 14.8. The average Bonchev–Trinajstić information content (AvgIpc) is 2.94. The van der Waals surface area contributed by atoms with Crippen molar-refractivity contribution in [1.29, 1.82) is 0 Å². The summed E-state index contributed by atoms with van der Waals surface area (Å²) in [6, 6.07) is 19.0. The van der Waals surface area contributed by atoms with Crippen molar-refractivity contribution in [2.75, 3.05) is 0 Å². The van der Waals surface area contributed by atoms with Gasteiger partial charge in [-0.05, 0) is 82.3 Å². The topological polar surface area (TPSA) is 60.9 Å². The standard InChI is InChI=1S/C40H51Br2N3O3/c1-26(2)8-38(46)43-20-30-11-29(7)12-31(13-30)21-44(39(47)9-27(3)4)23-33-15-35(19-37(42)17-33)25-45(40(48)10-28(5)6)24-34-14-32(22-43)16-36(41)18-34/h11-19,26-28H,8-10,20-25H2,1-7H3. The maximum atomic E-state index is 13.7. The number of amides is 3. The smallest absolute Gasteiger partial charge is 0.223 e. The van der Waals surface area contributed by atoms with Crippen molar-refractivity contribution < 1.29 is 14.4 Å². The highest BCUT2D eigenvalue weighted by molar-refractivity contribution is 9.10. The maximum absolute atomic E-state index is 13.7. The summed E-state index contributed by atoms with van der Waals surface area (Å²) in [4.78, 5) is 46.9. The fourth-order valence-corrected chi connectivity index (χ4v) is 7.56. The highest BCUT2D eigenvalue weighted by atomic mass is 79.9. The normalized spacial score (nSPS) is 14.4. The minimum absolute atomic E-state index is 0.0961. The van der Waals surface area contributed by atoms with Crippen LogP contribution in [-0.4, -0.2) is 32.4 Å². The van der Waals surface area contributed by atoms with Crippen LogP contribution in [-0.2, 0) is 53.7 Å². The van der Waals surface area contributed by atoms with Crippen LogP contribution in [0.5, 0.6) is 0 Å². The van der Waals surface area contributed by atoms with E-state index in [1.165, 1.54) is 0 Å². The highest BCUT2D eigenvalue weighted by Crippen LogP contribution is 2.26. The first-order valence-electron chi connectivity index (χ1n) is 17.1. The Bertz CT molecular complexity index is 1360. The van der Waals surface area contributed by atoms with Gasteiger partial charge in [-0.2, -0.15) is 0 Å². The molecule has 0 N–H and O–H groups in total. The van der Waals surface area contributed by atoms with Crippen LogP contribution in [0.3, 0.4) is 0 Å². The molecule has 0 saturated carbocycles. The van der Waals surface area contributed by atoms with Gasteiger partial charge >= 0.3 is 0 Å². The number of hydrogen-bond donors (Lipinski definition) is 0. The number of carbonyl (C=O) groups excluding carboxylic acids is 3. The average molecular weight is 782 g/mol. The van der Waals surface area contributed by atoms with Gasteiger partial charge in [0.25, 0.3) is 0 Å². The molecule has 0 radical (unpaired) electrons.